The molecular formula is C11H17NO2S. The van der Waals surface area contributed by atoms with E-state index in [1.807, 2.05) is 23.8 Å². The molecule has 3 nitrogen and oxygen atoms in total. The third-order valence-electron chi connectivity index (χ3n) is 2.05. The topological polar surface area (TPSA) is 49.3 Å². The van der Waals surface area contributed by atoms with Gasteiger partial charge < -0.3 is 10.4 Å². The van der Waals surface area contributed by atoms with Crippen LogP contribution < -0.4 is 5.32 Å². The summed E-state index contributed by atoms with van der Waals surface area (Å²) in [5.74, 6) is 0.0153. The maximum absolute atomic E-state index is 11.5. The van der Waals surface area contributed by atoms with E-state index in [4.69, 9.17) is 5.11 Å². The molecule has 2 unspecified atom stereocenters. The molecule has 0 bridgehead atoms. The van der Waals surface area contributed by atoms with Gasteiger partial charge in [-0.25, -0.2) is 0 Å². The van der Waals surface area contributed by atoms with E-state index in [1.54, 1.807) is 18.3 Å². The average Bonchev–Trinajstić information content (AvgIpc) is 2.53. The van der Waals surface area contributed by atoms with Gasteiger partial charge in [-0.1, -0.05) is 0 Å². The van der Waals surface area contributed by atoms with Gasteiger partial charge in [-0.15, -0.1) is 0 Å². The van der Waals surface area contributed by atoms with Crippen LogP contribution in [0, 0.1) is 0 Å². The first-order valence-corrected chi connectivity index (χ1v) is 6.00. The molecule has 0 fully saturated rings. The van der Waals surface area contributed by atoms with Crippen molar-refractivity contribution in [3.05, 3.63) is 22.4 Å². The van der Waals surface area contributed by atoms with Gasteiger partial charge in [0.05, 0.1) is 12.5 Å². The Balaban J connectivity index is 2.30. The first kappa shape index (κ1) is 12.2. The van der Waals surface area contributed by atoms with E-state index in [0.717, 1.165) is 5.56 Å². The van der Waals surface area contributed by atoms with Crippen LogP contribution in [0.3, 0.4) is 0 Å². The molecule has 2 N–H and O–H groups in total. The van der Waals surface area contributed by atoms with Gasteiger partial charge in [-0.05, 0) is 42.7 Å². The van der Waals surface area contributed by atoms with Crippen LogP contribution in [0.15, 0.2) is 16.8 Å². The molecule has 0 aliphatic carbocycles. The lowest BCUT2D eigenvalue weighted by Crippen LogP contribution is -2.35. The predicted octanol–water partition coefficient (Wildman–Crippen LogP) is 1.57. The van der Waals surface area contributed by atoms with Crippen LogP contribution in [0.2, 0.25) is 0 Å². The standard InChI is InChI=1S/C11H17NO2S/c1-8(5-9(2)13)12-11(14)6-10-3-4-15-7-10/h3-4,7-9,13H,5-6H2,1-2H3,(H,12,14). The smallest absolute Gasteiger partial charge is 0.224 e. The molecule has 4 heteroatoms. The molecule has 1 amide bonds. The van der Waals surface area contributed by atoms with E-state index in [2.05, 4.69) is 5.32 Å². The second-order valence-electron chi connectivity index (χ2n) is 3.86. The second kappa shape index (κ2) is 5.88. The van der Waals surface area contributed by atoms with Crippen LogP contribution in [0.4, 0.5) is 0 Å². The summed E-state index contributed by atoms with van der Waals surface area (Å²) in [6.45, 7) is 3.62. The Bertz CT molecular complexity index is 296. The van der Waals surface area contributed by atoms with E-state index in [9.17, 15) is 4.79 Å². The third kappa shape index (κ3) is 4.95. The van der Waals surface area contributed by atoms with Crippen LogP contribution in [0.1, 0.15) is 25.8 Å². The Morgan fingerprint density at radius 3 is 2.87 bits per heavy atom. The molecule has 1 heterocycles. The fourth-order valence-corrected chi connectivity index (χ4v) is 2.14. The lowest BCUT2D eigenvalue weighted by atomic mass is 10.1. The highest BCUT2D eigenvalue weighted by Crippen LogP contribution is 2.06. The minimum absolute atomic E-state index is 0.0153. The first-order valence-electron chi connectivity index (χ1n) is 5.06. The summed E-state index contributed by atoms with van der Waals surface area (Å²) < 4.78 is 0. The molecule has 0 radical (unpaired) electrons. The lowest BCUT2D eigenvalue weighted by Gasteiger charge is -2.14. The van der Waals surface area contributed by atoms with Crippen LogP contribution in [-0.4, -0.2) is 23.2 Å². The Kier molecular flexibility index (Phi) is 4.78. The summed E-state index contributed by atoms with van der Waals surface area (Å²) in [6.07, 6.45) is 0.643. The van der Waals surface area contributed by atoms with Gasteiger partial charge in [0.15, 0.2) is 0 Å². The monoisotopic (exact) mass is 227 g/mol. The normalized spacial score (nSPS) is 14.6. The Morgan fingerprint density at radius 2 is 2.33 bits per heavy atom. The summed E-state index contributed by atoms with van der Waals surface area (Å²) in [5.41, 5.74) is 1.04. The molecule has 0 spiro atoms. The first-order chi connectivity index (χ1) is 7.08. The number of carbonyl (C=O) groups is 1. The number of nitrogens with one attached hydrogen (secondary N) is 1. The molecular weight excluding hydrogens is 210 g/mol. The highest BCUT2D eigenvalue weighted by Gasteiger charge is 2.10. The summed E-state index contributed by atoms with van der Waals surface area (Å²) in [7, 11) is 0. The number of amides is 1. The minimum atomic E-state index is -0.374. The number of thiophene rings is 1. The number of aliphatic hydroxyl groups is 1. The maximum atomic E-state index is 11.5. The van der Waals surface area contributed by atoms with E-state index in [0.29, 0.717) is 12.8 Å². The molecule has 1 rings (SSSR count). The molecule has 2 atom stereocenters. The van der Waals surface area contributed by atoms with Crippen molar-refractivity contribution in [3.63, 3.8) is 0 Å². The summed E-state index contributed by atoms with van der Waals surface area (Å²) >= 11 is 1.59. The zero-order chi connectivity index (χ0) is 11.3. The van der Waals surface area contributed by atoms with Crippen molar-refractivity contribution in [1.82, 2.24) is 5.32 Å². The van der Waals surface area contributed by atoms with Crippen molar-refractivity contribution in [1.29, 1.82) is 0 Å². The second-order valence-corrected chi connectivity index (χ2v) is 4.64. The minimum Gasteiger partial charge on any atom is -0.393 e. The molecule has 0 aliphatic rings. The molecule has 15 heavy (non-hydrogen) atoms. The lowest BCUT2D eigenvalue weighted by molar-refractivity contribution is -0.121. The summed E-state index contributed by atoms with van der Waals surface area (Å²) in [4.78, 5) is 11.5. The van der Waals surface area contributed by atoms with Gasteiger partial charge in [0.1, 0.15) is 0 Å². The number of aliphatic hydroxyl groups excluding tert-OH is 1. The summed E-state index contributed by atoms with van der Waals surface area (Å²) in [6, 6.07) is 1.97. The van der Waals surface area contributed by atoms with Crippen LogP contribution >= 0.6 is 11.3 Å². The van der Waals surface area contributed by atoms with Crippen LogP contribution in [-0.2, 0) is 11.2 Å². The predicted molar refractivity (Wildman–Crippen MR) is 61.9 cm³/mol. The quantitative estimate of drug-likeness (QED) is 0.802. The molecule has 0 aromatic carbocycles. The Morgan fingerprint density at radius 1 is 1.60 bits per heavy atom. The van der Waals surface area contributed by atoms with Gasteiger partial charge in [-0.3, -0.25) is 4.79 Å². The zero-order valence-electron chi connectivity index (χ0n) is 9.06. The largest absolute Gasteiger partial charge is 0.393 e. The van der Waals surface area contributed by atoms with Crippen molar-refractivity contribution in [2.75, 3.05) is 0 Å². The molecule has 1 aromatic heterocycles. The van der Waals surface area contributed by atoms with Gasteiger partial charge in [-0.2, -0.15) is 11.3 Å². The molecule has 84 valence electrons. The van der Waals surface area contributed by atoms with Crippen molar-refractivity contribution in [2.24, 2.45) is 0 Å². The van der Waals surface area contributed by atoms with Crippen LogP contribution in [0.5, 0.6) is 0 Å². The summed E-state index contributed by atoms with van der Waals surface area (Å²) in [5, 5.41) is 15.9. The molecule has 1 aromatic rings. The number of carbonyl (C=O) groups excluding carboxylic acids is 1. The Hall–Kier alpha value is -0.870. The molecule has 0 saturated carbocycles. The fourth-order valence-electron chi connectivity index (χ4n) is 1.48. The average molecular weight is 227 g/mol. The highest BCUT2D eigenvalue weighted by atomic mass is 32.1. The Labute approximate surface area is 94.1 Å². The van der Waals surface area contributed by atoms with Crippen molar-refractivity contribution in [3.8, 4) is 0 Å². The number of rotatable bonds is 5. The van der Waals surface area contributed by atoms with Gasteiger partial charge in [0.25, 0.3) is 0 Å². The number of hydrogen-bond acceptors (Lipinski definition) is 3. The zero-order valence-corrected chi connectivity index (χ0v) is 9.88. The van der Waals surface area contributed by atoms with Gasteiger partial charge in [0.2, 0.25) is 5.91 Å². The van der Waals surface area contributed by atoms with Crippen molar-refractivity contribution in [2.45, 2.75) is 38.8 Å². The fraction of sp³-hybridized carbons (Fsp3) is 0.545. The van der Waals surface area contributed by atoms with Crippen molar-refractivity contribution < 1.29 is 9.90 Å². The third-order valence-corrected chi connectivity index (χ3v) is 2.78. The van der Waals surface area contributed by atoms with E-state index in [-0.39, 0.29) is 18.1 Å². The SMILES string of the molecule is CC(O)CC(C)NC(=O)Cc1ccsc1. The van der Waals surface area contributed by atoms with Gasteiger partial charge >= 0.3 is 0 Å². The highest BCUT2D eigenvalue weighted by molar-refractivity contribution is 7.07. The van der Waals surface area contributed by atoms with Gasteiger partial charge in [0, 0.05) is 6.04 Å². The van der Waals surface area contributed by atoms with E-state index in [1.165, 1.54) is 0 Å². The molecule has 0 saturated heterocycles. The van der Waals surface area contributed by atoms with Crippen LogP contribution in [0.25, 0.3) is 0 Å². The van der Waals surface area contributed by atoms with E-state index < -0.39 is 0 Å². The number of hydrogen-bond donors (Lipinski definition) is 2. The maximum Gasteiger partial charge on any atom is 0.224 e. The van der Waals surface area contributed by atoms with E-state index >= 15 is 0 Å². The van der Waals surface area contributed by atoms with Crippen molar-refractivity contribution >= 4 is 17.2 Å². The molecule has 0 aliphatic heterocycles.